The summed E-state index contributed by atoms with van der Waals surface area (Å²) in [5.41, 5.74) is 0.783. The molecule has 0 bridgehead atoms. The fourth-order valence-electron chi connectivity index (χ4n) is 2.46. The maximum atomic E-state index is 13.1. The normalized spacial score (nSPS) is 17.4. The molecule has 0 unspecified atom stereocenters. The fraction of sp³-hybridized carbons (Fsp3) is 0.312. The molecule has 2 aromatic rings. The second kappa shape index (κ2) is 5.19. The summed E-state index contributed by atoms with van der Waals surface area (Å²) in [5.74, 6) is 0. The molecule has 6 heteroatoms. The molecule has 1 fully saturated rings. The second-order valence-electron chi connectivity index (χ2n) is 5.45. The van der Waals surface area contributed by atoms with Gasteiger partial charge in [0.2, 0.25) is 0 Å². The Balaban J connectivity index is 1.84. The highest BCUT2D eigenvalue weighted by Gasteiger charge is 2.64. The zero-order valence-corrected chi connectivity index (χ0v) is 11.9. The second-order valence-corrected chi connectivity index (χ2v) is 5.45. The van der Waals surface area contributed by atoms with Crippen LogP contribution in [0.25, 0.3) is 0 Å². The third kappa shape index (κ3) is 2.61. The zero-order valence-electron chi connectivity index (χ0n) is 11.9. The van der Waals surface area contributed by atoms with Gasteiger partial charge in [-0.1, -0.05) is 12.1 Å². The van der Waals surface area contributed by atoms with Crippen LogP contribution in [0.2, 0.25) is 0 Å². The largest absolute Gasteiger partial charge is 0.398 e. The monoisotopic (exact) mass is 305 g/mol. The van der Waals surface area contributed by atoms with Gasteiger partial charge in [0.25, 0.3) is 0 Å². The number of aliphatic imine (C=N–C) groups is 1. The lowest BCUT2D eigenvalue weighted by molar-refractivity contribution is -0.160. The Morgan fingerprint density at radius 1 is 1.09 bits per heavy atom. The maximum Gasteiger partial charge on any atom is 0.398 e. The van der Waals surface area contributed by atoms with Crippen molar-refractivity contribution in [3.63, 3.8) is 0 Å². The van der Waals surface area contributed by atoms with Crippen LogP contribution >= 0.6 is 0 Å². The maximum absolute atomic E-state index is 13.1. The molecule has 0 N–H and O–H groups in total. The number of hydrogen-bond donors (Lipinski definition) is 0. The summed E-state index contributed by atoms with van der Waals surface area (Å²) in [6.45, 7) is 1.81. The summed E-state index contributed by atoms with van der Waals surface area (Å²) < 4.78 is 39.2. The van der Waals surface area contributed by atoms with E-state index >= 15 is 0 Å². The number of nitrogens with zero attached hydrogens (tertiary/aromatic N) is 3. The number of rotatable bonds is 3. The van der Waals surface area contributed by atoms with Crippen LogP contribution in [0.4, 0.5) is 18.9 Å². The third-order valence-electron chi connectivity index (χ3n) is 3.99. The van der Waals surface area contributed by atoms with Crippen molar-refractivity contribution in [1.82, 2.24) is 9.97 Å². The van der Waals surface area contributed by atoms with E-state index in [0.29, 0.717) is 17.0 Å². The van der Waals surface area contributed by atoms with Crippen molar-refractivity contribution in [2.24, 2.45) is 4.99 Å². The highest BCUT2D eigenvalue weighted by molar-refractivity contribution is 5.99. The molecule has 114 valence electrons. The Morgan fingerprint density at radius 3 is 2.18 bits per heavy atom. The zero-order chi connectivity index (χ0) is 15.8. The Labute approximate surface area is 126 Å². The Bertz CT molecular complexity index is 687. The Morgan fingerprint density at radius 2 is 1.68 bits per heavy atom. The highest BCUT2D eigenvalue weighted by Crippen LogP contribution is 2.58. The summed E-state index contributed by atoms with van der Waals surface area (Å²) in [5, 5.41) is 0. The first-order chi connectivity index (χ1) is 10.4. The predicted molar refractivity (Wildman–Crippen MR) is 77.3 cm³/mol. The molecule has 1 saturated carbocycles. The van der Waals surface area contributed by atoms with Crippen LogP contribution in [0.5, 0.6) is 0 Å². The van der Waals surface area contributed by atoms with Gasteiger partial charge in [-0.3, -0.25) is 4.99 Å². The molecule has 1 aliphatic carbocycles. The van der Waals surface area contributed by atoms with Crippen molar-refractivity contribution in [1.29, 1.82) is 0 Å². The van der Waals surface area contributed by atoms with Gasteiger partial charge in [-0.15, -0.1) is 0 Å². The van der Waals surface area contributed by atoms with Gasteiger partial charge in [0, 0.05) is 23.7 Å². The molecule has 1 heterocycles. The number of alkyl halides is 3. The van der Waals surface area contributed by atoms with Crippen molar-refractivity contribution in [2.75, 3.05) is 0 Å². The lowest BCUT2D eigenvalue weighted by atomic mass is 9.95. The lowest BCUT2D eigenvalue weighted by Gasteiger charge is -2.19. The lowest BCUT2D eigenvalue weighted by Crippen LogP contribution is -2.28. The van der Waals surface area contributed by atoms with E-state index < -0.39 is 11.6 Å². The van der Waals surface area contributed by atoms with Gasteiger partial charge in [0.1, 0.15) is 6.33 Å². The molecule has 0 saturated heterocycles. The number of aromatic nitrogens is 2. The van der Waals surface area contributed by atoms with Crippen molar-refractivity contribution >= 4 is 11.4 Å². The molecule has 1 aromatic heterocycles. The minimum Gasteiger partial charge on any atom is -0.253 e. The average molecular weight is 305 g/mol. The van der Waals surface area contributed by atoms with Gasteiger partial charge in [-0.2, -0.15) is 13.2 Å². The molecule has 0 amide bonds. The number of hydrogen-bond acceptors (Lipinski definition) is 3. The van der Waals surface area contributed by atoms with E-state index in [1.165, 1.54) is 18.5 Å². The van der Waals surface area contributed by atoms with Gasteiger partial charge in [-0.05, 0) is 37.5 Å². The quantitative estimate of drug-likeness (QED) is 0.797. The standard InChI is InChI=1S/C16H14F3N3/c1-11(12-8-20-10-21-9-12)22-14-4-2-13(3-5-14)15(6-7-15)16(17,18)19/h2-5,8-10H,6-7H2,1H3. The molecule has 0 atom stereocenters. The first-order valence-corrected chi connectivity index (χ1v) is 6.90. The molecule has 22 heavy (non-hydrogen) atoms. The first kappa shape index (κ1) is 14.7. The van der Waals surface area contributed by atoms with E-state index in [1.54, 1.807) is 24.5 Å². The van der Waals surface area contributed by atoms with Gasteiger partial charge in [-0.25, -0.2) is 9.97 Å². The molecule has 1 aromatic carbocycles. The van der Waals surface area contributed by atoms with Crippen LogP contribution in [0.3, 0.4) is 0 Å². The van der Waals surface area contributed by atoms with E-state index in [2.05, 4.69) is 15.0 Å². The number of benzene rings is 1. The van der Waals surface area contributed by atoms with Crippen molar-refractivity contribution in [3.8, 4) is 0 Å². The molecule has 0 spiro atoms. The predicted octanol–water partition coefficient (Wildman–Crippen LogP) is 4.21. The third-order valence-corrected chi connectivity index (χ3v) is 3.99. The van der Waals surface area contributed by atoms with E-state index in [9.17, 15) is 13.2 Å². The Hall–Kier alpha value is -2.24. The van der Waals surface area contributed by atoms with E-state index in [0.717, 1.165) is 5.56 Å². The van der Waals surface area contributed by atoms with Gasteiger partial charge >= 0.3 is 6.18 Å². The first-order valence-electron chi connectivity index (χ1n) is 6.90. The Kier molecular flexibility index (Phi) is 3.47. The van der Waals surface area contributed by atoms with Crippen molar-refractivity contribution in [2.45, 2.75) is 31.4 Å². The molecular weight excluding hydrogens is 291 g/mol. The van der Waals surface area contributed by atoms with E-state index in [4.69, 9.17) is 0 Å². The molecule has 1 aliphatic rings. The van der Waals surface area contributed by atoms with Crippen LogP contribution < -0.4 is 0 Å². The van der Waals surface area contributed by atoms with Crippen molar-refractivity contribution < 1.29 is 13.2 Å². The summed E-state index contributed by atoms with van der Waals surface area (Å²) in [7, 11) is 0. The smallest absolute Gasteiger partial charge is 0.253 e. The topological polar surface area (TPSA) is 38.1 Å². The summed E-state index contributed by atoms with van der Waals surface area (Å²) in [4.78, 5) is 12.2. The van der Waals surface area contributed by atoms with E-state index in [-0.39, 0.29) is 12.8 Å². The highest BCUT2D eigenvalue weighted by atomic mass is 19.4. The molecule has 0 radical (unpaired) electrons. The van der Waals surface area contributed by atoms with Crippen LogP contribution in [-0.4, -0.2) is 21.9 Å². The average Bonchev–Trinajstić information content (AvgIpc) is 3.30. The number of halogens is 3. The van der Waals surface area contributed by atoms with Crippen LogP contribution in [0, 0.1) is 0 Å². The summed E-state index contributed by atoms with van der Waals surface area (Å²) in [6.07, 6.45) is 0.859. The van der Waals surface area contributed by atoms with Gasteiger partial charge in [0.15, 0.2) is 0 Å². The summed E-state index contributed by atoms with van der Waals surface area (Å²) >= 11 is 0. The van der Waals surface area contributed by atoms with Crippen LogP contribution in [-0.2, 0) is 5.41 Å². The molecule has 3 rings (SSSR count). The van der Waals surface area contributed by atoms with Crippen molar-refractivity contribution in [3.05, 3.63) is 54.1 Å². The van der Waals surface area contributed by atoms with Gasteiger partial charge < -0.3 is 0 Å². The minimum absolute atomic E-state index is 0.166. The summed E-state index contributed by atoms with van der Waals surface area (Å²) in [6, 6.07) is 6.28. The van der Waals surface area contributed by atoms with Crippen LogP contribution in [0.15, 0.2) is 48.0 Å². The SMILES string of the molecule is CC(=Nc1ccc(C2(C(F)(F)F)CC2)cc1)c1cncnc1. The van der Waals surface area contributed by atoms with E-state index in [1.807, 2.05) is 6.92 Å². The minimum atomic E-state index is -4.19. The fourth-order valence-corrected chi connectivity index (χ4v) is 2.46. The molecule has 3 nitrogen and oxygen atoms in total. The molecular formula is C16H14F3N3. The van der Waals surface area contributed by atoms with Gasteiger partial charge in [0.05, 0.1) is 11.1 Å². The molecule has 0 aliphatic heterocycles. The van der Waals surface area contributed by atoms with Crippen LogP contribution in [0.1, 0.15) is 30.9 Å².